The van der Waals surface area contributed by atoms with Gasteiger partial charge in [-0.2, -0.15) is 0 Å². The highest BCUT2D eigenvalue weighted by atomic mass is 16.6. The van der Waals surface area contributed by atoms with Crippen LogP contribution >= 0.6 is 0 Å². The number of esters is 1. The minimum absolute atomic E-state index is 0.0643. The van der Waals surface area contributed by atoms with Crippen LogP contribution in [0.3, 0.4) is 0 Å². The van der Waals surface area contributed by atoms with Crippen LogP contribution in [0.1, 0.15) is 58.1 Å². The van der Waals surface area contributed by atoms with Crippen molar-refractivity contribution in [2.24, 2.45) is 16.7 Å². The lowest BCUT2D eigenvalue weighted by Crippen LogP contribution is -2.69. The first kappa shape index (κ1) is 16.6. The van der Waals surface area contributed by atoms with Gasteiger partial charge in [-0.05, 0) is 42.9 Å². The van der Waals surface area contributed by atoms with Crippen LogP contribution in [0.25, 0.3) is 0 Å². The van der Waals surface area contributed by atoms with Crippen molar-refractivity contribution in [2.75, 3.05) is 0 Å². The molecule has 1 aromatic heterocycles. The van der Waals surface area contributed by atoms with Crippen molar-refractivity contribution in [3.63, 3.8) is 0 Å². The summed E-state index contributed by atoms with van der Waals surface area (Å²) >= 11 is 0. The minimum Gasteiger partial charge on any atom is -0.472 e. The summed E-state index contributed by atoms with van der Waals surface area (Å²) in [6.45, 7) is 5.78. The molecule has 2 fully saturated rings. The zero-order valence-electron chi connectivity index (χ0n) is 14.9. The van der Waals surface area contributed by atoms with Gasteiger partial charge in [0.05, 0.1) is 12.5 Å². The molecule has 0 bridgehead atoms. The highest BCUT2D eigenvalue weighted by molar-refractivity contribution is 6.01. The monoisotopic (exact) mass is 344 g/mol. The molecule has 0 radical (unpaired) electrons. The molecule has 0 amide bonds. The molecule has 3 aliphatic rings. The summed E-state index contributed by atoms with van der Waals surface area (Å²) in [5.74, 6) is -1.07. The topological polar surface area (TPSA) is 76.7 Å². The molecule has 1 saturated carbocycles. The highest BCUT2D eigenvalue weighted by Gasteiger charge is 2.71. The third-order valence-corrected chi connectivity index (χ3v) is 6.71. The van der Waals surface area contributed by atoms with E-state index in [0.717, 1.165) is 18.4 Å². The molecule has 4 atom stereocenters. The maximum atomic E-state index is 13.3. The predicted molar refractivity (Wildman–Crippen MR) is 89.4 cm³/mol. The molecule has 1 aliphatic heterocycles. The van der Waals surface area contributed by atoms with Gasteiger partial charge >= 0.3 is 5.97 Å². The number of ether oxygens (including phenoxy) is 1. The van der Waals surface area contributed by atoms with Gasteiger partial charge in [0.15, 0.2) is 5.78 Å². The molecule has 134 valence electrons. The van der Waals surface area contributed by atoms with Crippen molar-refractivity contribution in [1.82, 2.24) is 0 Å². The van der Waals surface area contributed by atoms with E-state index in [9.17, 15) is 14.7 Å². The molecule has 1 aromatic rings. The van der Waals surface area contributed by atoms with Gasteiger partial charge in [-0.3, -0.25) is 9.59 Å². The zero-order valence-corrected chi connectivity index (χ0v) is 14.9. The molecule has 25 heavy (non-hydrogen) atoms. The van der Waals surface area contributed by atoms with Crippen molar-refractivity contribution in [1.29, 1.82) is 0 Å². The molecule has 5 nitrogen and oxygen atoms in total. The van der Waals surface area contributed by atoms with Crippen LogP contribution in [0.2, 0.25) is 0 Å². The molecule has 0 aromatic carbocycles. The fourth-order valence-electron chi connectivity index (χ4n) is 5.54. The van der Waals surface area contributed by atoms with Gasteiger partial charge < -0.3 is 14.3 Å². The predicted octanol–water partition coefficient (Wildman–Crippen LogP) is 3.34. The molecule has 5 heteroatoms. The Hall–Kier alpha value is -1.88. The molecule has 1 spiro atoms. The molecule has 1 N–H and O–H groups in total. The molecule has 1 saturated heterocycles. The van der Waals surface area contributed by atoms with E-state index in [-0.39, 0.29) is 17.6 Å². The van der Waals surface area contributed by atoms with Crippen molar-refractivity contribution in [3.05, 3.63) is 35.8 Å². The van der Waals surface area contributed by atoms with E-state index in [1.165, 1.54) is 12.5 Å². The van der Waals surface area contributed by atoms with E-state index >= 15 is 0 Å². The summed E-state index contributed by atoms with van der Waals surface area (Å²) in [7, 11) is 0. The third kappa shape index (κ3) is 1.99. The number of rotatable bonds is 1. The second-order valence-electron chi connectivity index (χ2n) is 8.49. The van der Waals surface area contributed by atoms with Crippen LogP contribution in [0, 0.1) is 16.7 Å². The van der Waals surface area contributed by atoms with Crippen molar-refractivity contribution >= 4 is 11.8 Å². The SMILES string of the molecule is CC1=CC(=O)[C@H]2C(C)(C)CCC[C@@]23C(=O)O[C@@H](c2ccoc2)C[C@@]13O. The van der Waals surface area contributed by atoms with E-state index in [1.54, 1.807) is 19.1 Å². The van der Waals surface area contributed by atoms with Crippen LogP contribution in [-0.4, -0.2) is 22.5 Å². The number of allylic oxidation sites excluding steroid dienone is 1. The molecule has 2 aliphatic carbocycles. The quantitative estimate of drug-likeness (QED) is 0.791. The van der Waals surface area contributed by atoms with Gasteiger partial charge in [-0.25, -0.2) is 0 Å². The second-order valence-corrected chi connectivity index (χ2v) is 8.49. The summed E-state index contributed by atoms with van der Waals surface area (Å²) in [5.41, 5.74) is -1.63. The van der Waals surface area contributed by atoms with Gasteiger partial charge in [0.25, 0.3) is 0 Å². The normalized spacial score (nSPS) is 39.9. The van der Waals surface area contributed by atoms with E-state index in [0.29, 0.717) is 12.0 Å². The number of hydrogen-bond acceptors (Lipinski definition) is 5. The van der Waals surface area contributed by atoms with Gasteiger partial charge in [0.1, 0.15) is 17.1 Å². The van der Waals surface area contributed by atoms with Gasteiger partial charge in [0, 0.05) is 17.9 Å². The van der Waals surface area contributed by atoms with E-state index in [1.807, 2.05) is 13.8 Å². The second kappa shape index (κ2) is 5.07. The first-order valence-corrected chi connectivity index (χ1v) is 8.90. The lowest BCUT2D eigenvalue weighted by molar-refractivity contribution is -0.229. The summed E-state index contributed by atoms with van der Waals surface area (Å²) in [6, 6.07) is 1.74. The van der Waals surface area contributed by atoms with Crippen LogP contribution in [0.4, 0.5) is 0 Å². The Labute approximate surface area is 147 Å². The largest absolute Gasteiger partial charge is 0.472 e. The first-order valence-electron chi connectivity index (χ1n) is 8.90. The van der Waals surface area contributed by atoms with E-state index < -0.39 is 29.0 Å². The number of hydrogen-bond donors (Lipinski definition) is 1. The fraction of sp³-hybridized carbons (Fsp3) is 0.600. The Kier molecular flexibility index (Phi) is 3.36. The summed E-state index contributed by atoms with van der Waals surface area (Å²) in [6.07, 6.45) is 6.41. The summed E-state index contributed by atoms with van der Waals surface area (Å²) in [4.78, 5) is 26.2. The van der Waals surface area contributed by atoms with Crippen LogP contribution in [0.15, 0.2) is 34.7 Å². The summed E-state index contributed by atoms with van der Waals surface area (Å²) in [5, 5.41) is 11.8. The Morgan fingerprint density at radius 3 is 2.68 bits per heavy atom. The van der Waals surface area contributed by atoms with Crippen molar-refractivity contribution in [2.45, 2.75) is 58.2 Å². The van der Waals surface area contributed by atoms with Gasteiger partial charge in [0.2, 0.25) is 0 Å². The van der Waals surface area contributed by atoms with E-state index in [4.69, 9.17) is 9.15 Å². The van der Waals surface area contributed by atoms with Crippen LogP contribution in [-0.2, 0) is 14.3 Å². The van der Waals surface area contributed by atoms with Crippen molar-refractivity contribution in [3.8, 4) is 0 Å². The molecular formula is C20H24O5. The number of cyclic esters (lactones) is 1. The Morgan fingerprint density at radius 1 is 1.24 bits per heavy atom. The molecular weight excluding hydrogens is 320 g/mol. The number of aliphatic hydroxyl groups is 1. The van der Waals surface area contributed by atoms with Gasteiger partial charge in [-0.15, -0.1) is 0 Å². The maximum Gasteiger partial charge on any atom is 0.316 e. The third-order valence-electron chi connectivity index (χ3n) is 6.71. The Morgan fingerprint density at radius 2 is 2.00 bits per heavy atom. The zero-order chi connectivity index (χ0) is 18.0. The molecule has 0 unspecified atom stereocenters. The smallest absolute Gasteiger partial charge is 0.316 e. The first-order chi connectivity index (χ1) is 11.7. The number of furan rings is 1. The van der Waals surface area contributed by atoms with Crippen LogP contribution in [0.5, 0.6) is 0 Å². The molecule has 4 rings (SSSR count). The average Bonchev–Trinajstić information content (AvgIpc) is 3.04. The standard InChI is InChI=1S/C20H24O5/c1-12-9-14(21)16-18(2,3)6-4-7-19(16)17(22)25-15(10-20(12,19)23)13-5-8-24-11-13/h5,8-9,11,15-16,23H,4,6-7,10H2,1-3H3/t15-,16+,19+,20-/m1/s1. The molecule has 2 heterocycles. The van der Waals surface area contributed by atoms with Crippen LogP contribution < -0.4 is 0 Å². The lowest BCUT2D eigenvalue weighted by atomic mass is 9.44. The average molecular weight is 344 g/mol. The Bertz CT molecular complexity index is 759. The summed E-state index contributed by atoms with van der Waals surface area (Å²) < 4.78 is 10.9. The highest BCUT2D eigenvalue weighted by Crippen LogP contribution is 2.64. The maximum absolute atomic E-state index is 13.3. The number of carbonyl (C=O) groups is 2. The number of carbonyl (C=O) groups excluding carboxylic acids is 2. The minimum atomic E-state index is -1.37. The Balaban J connectivity index is 1.89. The fourth-order valence-corrected chi connectivity index (χ4v) is 5.54. The van der Waals surface area contributed by atoms with Gasteiger partial charge in [-0.1, -0.05) is 20.3 Å². The number of ketones is 1. The van der Waals surface area contributed by atoms with Crippen molar-refractivity contribution < 1.29 is 23.8 Å². The van der Waals surface area contributed by atoms with E-state index in [2.05, 4.69) is 0 Å². The lowest BCUT2D eigenvalue weighted by Gasteiger charge is -2.61.